The van der Waals surface area contributed by atoms with Gasteiger partial charge in [0.1, 0.15) is 0 Å². The Kier molecular flexibility index (Phi) is 3.40. The van der Waals surface area contributed by atoms with Crippen LogP contribution in [0, 0.1) is 20.8 Å². The highest BCUT2D eigenvalue weighted by Gasteiger charge is 2.18. The van der Waals surface area contributed by atoms with Gasteiger partial charge in [-0.15, -0.1) is 0 Å². The average Bonchev–Trinajstić information content (AvgIpc) is 2.14. The van der Waals surface area contributed by atoms with E-state index in [9.17, 15) is 9.59 Å². The maximum absolute atomic E-state index is 11.8. The number of carbonyl (C=O) groups is 2. The first-order valence-electron chi connectivity index (χ1n) is 5.12. The Bertz CT molecular complexity index is 394. The molecular weight excluding hydrogens is 188 g/mol. The van der Waals surface area contributed by atoms with Crippen LogP contribution in [0.2, 0.25) is 0 Å². The minimum absolute atomic E-state index is 0.269. The molecule has 0 unspecified atom stereocenters. The highest BCUT2D eigenvalue weighted by molar-refractivity contribution is 6.44. The van der Waals surface area contributed by atoms with Crippen LogP contribution in [0.5, 0.6) is 0 Å². The third-order valence-electron chi connectivity index (χ3n) is 2.48. The van der Waals surface area contributed by atoms with Crippen molar-refractivity contribution in [1.29, 1.82) is 0 Å². The molecule has 15 heavy (non-hydrogen) atoms. The van der Waals surface area contributed by atoms with Crippen LogP contribution in [0.4, 0.5) is 0 Å². The zero-order valence-electron chi connectivity index (χ0n) is 9.68. The second-order valence-corrected chi connectivity index (χ2v) is 3.88. The molecule has 1 rings (SSSR count). The minimum Gasteiger partial charge on any atom is -0.290 e. The summed E-state index contributed by atoms with van der Waals surface area (Å²) in [5.74, 6) is -0.669. The van der Waals surface area contributed by atoms with E-state index in [1.54, 1.807) is 6.92 Å². The van der Waals surface area contributed by atoms with Crippen molar-refractivity contribution >= 4 is 11.6 Å². The van der Waals surface area contributed by atoms with Crippen molar-refractivity contribution in [2.45, 2.75) is 34.1 Å². The van der Waals surface area contributed by atoms with E-state index in [4.69, 9.17) is 0 Å². The van der Waals surface area contributed by atoms with Crippen molar-refractivity contribution in [1.82, 2.24) is 0 Å². The van der Waals surface area contributed by atoms with E-state index in [0.717, 1.165) is 16.7 Å². The molecule has 0 fully saturated rings. The first kappa shape index (κ1) is 11.6. The molecule has 0 aliphatic rings. The normalized spacial score (nSPS) is 10.1. The maximum atomic E-state index is 11.8. The highest BCUT2D eigenvalue weighted by Crippen LogP contribution is 2.17. The van der Waals surface area contributed by atoms with E-state index in [0.29, 0.717) is 5.56 Å². The Morgan fingerprint density at radius 2 is 1.53 bits per heavy atom. The van der Waals surface area contributed by atoms with Crippen LogP contribution in [0.25, 0.3) is 0 Å². The van der Waals surface area contributed by atoms with E-state index in [1.165, 1.54) is 0 Å². The molecule has 0 heterocycles. The molecule has 2 heteroatoms. The molecule has 0 amide bonds. The SMILES string of the molecule is CCC(=O)C(=O)c1c(C)cc(C)cc1C. The number of benzene rings is 1. The number of ketones is 2. The lowest BCUT2D eigenvalue weighted by atomic mass is 9.94. The number of Topliss-reactive ketones (excluding diaryl/α,β-unsaturated/α-hetero) is 2. The molecule has 80 valence electrons. The molecule has 0 bridgehead atoms. The molecule has 0 aromatic heterocycles. The molecule has 0 spiro atoms. The average molecular weight is 204 g/mol. The summed E-state index contributed by atoms with van der Waals surface area (Å²) in [4.78, 5) is 23.1. The Morgan fingerprint density at radius 3 is 1.93 bits per heavy atom. The predicted octanol–water partition coefficient (Wildman–Crippen LogP) is 2.77. The Balaban J connectivity index is 3.26. The van der Waals surface area contributed by atoms with Crippen molar-refractivity contribution in [2.24, 2.45) is 0 Å². The summed E-state index contributed by atoms with van der Waals surface area (Å²) in [7, 11) is 0. The standard InChI is InChI=1S/C13H16O2/c1-5-11(14)13(15)12-9(3)6-8(2)7-10(12)4/h6-7H,5H2,1-4H3. The van der Waals surface area contributed by atoms with Crippen molar-refractivity contribution < 1.29 is 9.59 Å². The Hall–Kier alpha value is -1.44. The zero-order valence-corrected chi connectivity index (χ0v) is 9.68. The van der Waals surface area contributed by atoms with E-state index in [-0.39, 0.29) is 18.0 Å². The lowest BCUT2D eigenvalue weighted by Gasteiger charge is -2.08. The van der Waals surface area contributed by atoms with Gasteiger partial charge < -0.3 is 0 Å². The molecule has 0 atom stereocenters. The predicted molar refractivity (Wildman–Crippen MR) is 60.3 cm³/mol. The van der Waals surface area contributed by atoms with Gasteiger partial charge in [0.25, 0.3) is 0 Å². The first-order chi connectivity index (χ1) is 6.97. The van der Waals surface area contributed by atoms with Crippen molar-refractivity contribution in [2.75, 3.05) is 0 Å². The number of hydrogen-bond donors (Lipinski definition) is 0. The molecule has 1 aromatic rings. The number of carbonyl (C=O) groups excluding carboxylic acids is 2. The van der Waals surface area contributed by atoms with Gasteiger partial charge in [-0.25, -0.2) is 0 Å². The fourth-order valence-corrected chi connectivity index (χ4v) is 1.84. The largest absolute Gasteiger partial charge is 0.290 e. The van der Waals surface area contributed by atoms with Crippen LogP contribution in [0.15, 0.2) is 12.1 Å². The van der Waals surface area contributed by atoms with Crippen LogP contribution >= 0.6 is 0 Å². The second kappa shape index (κ2) is 4.39. The summed E-state index contributed by atoms with van der Waals surface area (Å²) < 4.78 is 0. The maximum Gasteiger partial charge on any atom is 0.229 e. The third kappa shape index (κ3) is 2.32. The molecule has 0 saturated heterocycles. The van der Waals surface area contributed by atoms with E-state index >= 15 is 0 Å². The molecule has 0 aliphatic heterocycles. The van der Waals surface area contributed by atoms with E-state index in [1.807, 2.05) is 32.9 Å². The van der Waals surface area contributed by atoms with Gasteiger partial charge in [0.05, 0.1) is 0 Å². The van der Waals surface area contributed by atoms with Gasteiger partial charge in [0.15, 0.2) is 0 Å². The summed E-state index contributed by atoms with van der Waals surface area (Å²) in [6.07, 6.45) is 0.269. The molecule has 0 N–H and O–H groups in total. The van der Waals surface area contributed by atoms with Crippen molar-refractivity contribution in [3.63, 3.8) is 0 Å². The van der Waals surface area contributed by atoms with Crippen LogP contribution in [-0.4, -0.2) is 11.6 Å². The molecular formula is C13H16O2. The fourth-order valence-electron chi connectivity index (χ4n) is 1.84. The third-order valence-corrected chi connectivity index (χ3v) is 2.48. The summed E-state index contributed by atoms with van der Waals surface area (Å²) >= 11 is 0. The van der Waals surface area contributed by atoms with Crippen molar-refractivity contribution in [3.05, 3.63) is 34.4 Å². The molecule has 0 radical (unpaired) electrons. The van der Waals surface area contributed by atoms with E-state index < -0.39 is 0 Å². The van der Waals surface area contributed by atoms with Gasteiger partial charge in [-0.2, -0.15) is 0 Å². The summed E-state index contributed by atoms with van der Waals surface area (Å²) in [6, 6.07) is 3.87. The smallest absolute Gasteiger partial charge is 0.229 e. The van der Waals surface area contributed by atoms with Crippen LogP contribution < -0.4 is 0 Å². The van der Waals surface area contributed by atoms with Gasteiger partial charge in [-0.1, -0.05) is 24.6 Å². The first-order valence-corrected chi connectivity index (χ1v) is 5.12. The topological polar surface area (TPSA) is 34.1 Å². The van der Waals surface area contributed by atoms with Gasteiger partial charge >= 0.3 is 0 Å². The van der Waals surface area contributed by atoms with Crippen LogP contribution in [0.1, 0.15) is 40.4 Å². The lowest BCUT2D eigenvalue weighted by Crippen LogP contribution is -2.15. The zero-order chi connectivity index (χ0) is 11.6. The monoisotopic (exact) mass is 204 g/mol. The molecule has 1 aromatic carbocycles. The van der Waals surface area contributed by atoms with Gasteiger partial charge in [-0.3, -0.25) is 9.59 Å². The van der Waals surface area contributed by atoms with Crippen LogP contribution in [0.3, 0.4) is 0 Å². The van der Waals surface area contributed by atoms with Gasteiger partial charge in [-0.05, 0) is 31.9 Å². The molecule has 0 saturated carbocycles. The second-order valence-electron chi connectivity index (χ2n) is 3.88. The number of rotatable bonds is 3. The number of aryl methyl sites for hydroxylation is 3. The summed E-state index contributed by atoms with van der Waals surface area (Å²) in [5, 5.41) is 0. The molecule has 2 nitrogen and oxygen atoms in total. The fraction of sp³-hybridized carbons (Fsp3) is 0.385. The van der Waals surface area contributed by atoms with Gasteiger partial charge in [0, 0.05) is 12.0 Å². The lowest BCUT2D eigenvalue weighted by molar-refractivity contribution is -0.114. The highest BCUT2D eigenvalue weighted by atomic mass is 16.2. The van der Waals surface area contributed by atoms with E-state index in [2.05, 4.69) is 0 Å². The minimum atomic E-state index is -0.354. The van der Waals surface area contributed by atoms with Gasteiger partial charge in [0.2, 0.25) is 11.6 Å². The Morgan fingerprint density at radius 1 is 1.07 bits per heavy atom. The Labute approximate surface area is 90.3 Å². The number of hydrogen-bond acceptors (Lipinski definition) is 2. The quantitative estimate of drug-likeness (QED) is 0.560. The van der Waals surface area contributed by atoms with Crippen molar-refractivity contribution in [3.8, 4) is 0 Å². The summed E-state index contributed by atoms with van der Waals surface area (Å²) in [5.41, 5.74) is 3.47. The van der Waals surface area contributed by atoms with Crippen LogP contribution in [-0.2, 0) is 4.79 Å². The molecule has 0 aliphatic carbocycles. The summed E-state index contributed by atoms with van der Waals surface area (Å²) in [6.45, 7) is 7.43.